The van der Waals surface area contributed by atoms with Gasteiger partial charge in [0.2, 0.25) is 5.91 Å². The Hall–Kier alpha value is -3.04. The summed E-state index contributed by atoms with van der Waals surface area (Å²) in [5, 5.41) is 5.16. The summed E-state index contributed by atoms with van der Waals surface area (Å²) in [7, 11) is 0. The zero-order valence-electron chi connectivity index (χ0n) is 15.9. The van der Waals surface area contributed by atoms with Crippen molar-refractivity contribution in [2.24, 2.45) is 5.92 Å². The summed E-state index contributed by atoms with van der Waals surface area (Å²) in [6.45, 7) is 2.17. The molecule has 2 N–H and O–H groups in total. The fourth-order valence-electron chi connectivity index (χ4n) is 3.65. The standard InChI is InChI=1S/C19H22F2N4O4/c1-2-11-9-24(17(27)10-25-16(26)8-22-19(25)29)4-3-15(11)23-18(28)12-5-13(20)7-14(21)6-12/h5-7,11,15H,2-4,8-10H2,1H3,(H,22,29)(H,23,28)/t11-,15+/m1/s1. The molecule has 0 aliphatic carbocycles. The molecule has 156 valence electrons. The number of hydrogen-bond donors (Lipinski definition) is 2. The number of amides is 5. The second kappa shape index (κ2) is 8.54. The maximum atomic E-state index is 13.4. The number of nitrogens with one attached hydrogen (secondary N) is 2. The molecule has 2 aliphatic rings. The molecule has 29 heavy (non-hydrogen) atoms. The van der Waals surface area contributed by atoms with Gasteiger partial charge in [0.05, 0.1) is 6.54 Å². The highest BCUT2D eigenvalue weighted by molar-refractivity contribution is 6.04. The summed E-state index contributed by atoms with van der Waals surface area (Å²) >= 11 is 0. The van der Waals surface area contributed by atoms with Crippen LogP contribution in [0.15, 0.2) is 18.2 Å². The van der Waals surface area contributed by atoms with E-state index in [-0.39, 0.29) is 36.5 Å². The Morgan fingerprint density at radius 2 is 1.90 bits per heavy atom. The van der Waals surface area contributed by atoms with E-state index in [1.54, 1.807) is 4.90 Å². The molecular weight excluding hydrogens is 386 g/mol. The first-order valence-electron chi connectivity index (χ1n) is 9.41. The Bertz CT molecular complexity index is 811. The first-order chi connectivity index (χ1) is 13.8. The van der Waals surface area contributed by atoms with Crippen molar-refractivity contribution in [1.29, 1.82) is 0 Å². The maximum Gasteiger partial charge on any atom is 0.325 e. The lowest BCUT2D eigenvalue weighted by molar-refractivity contribution is -0.138. The van der Waals surface area contributed by atoms with E-state index in [1.807, 2.05) is 6.92 Å². The monoisotopic (exact) mass is 408 g/mol. The Balaban J connectivity index is 1.60. The van der Waals surface area contributed by atoms with Crippen molar-refractivity contribution in [3.05, 3.63) is 35.4 Å². The summed E-state index contributed by atoms with van der Waals surface area (Å²) < 4.78 is 26.7. The van der Waals surface area contributed by atoms with Gasteiger partial charge in [0, 0.05) is 30.8 Å². The van der Waals surface area contributed by atoms with Gasteiger partial charge in [0.25, 0.3) is 11.8 Å². The highest BCUT2D eigenvalue weighted by Gasteiger charge is 2.35. The lowest BCUT2D eigenvalue weighted by Crippen LogP contribution is -2.54. The van der Waals surface area contributed by atoms with Crippen LogP contribution in [0.3, 0.4) is 0 Å². The minimum absolute atomic E-state index is 0.0711. The Kier molecular flexibility index (Phi) is 6.09. The van der Waals surface area contributed by atoms with E-state index in [2.05, 4.69) is 10.6 Å². The number of halogens is 2. The van der Waals surface area contributed by atoms with Crippen LogP contribution in [0, 0.1) is 17.6 Å². The smallest absolute Gasteiger partial charge is 0.325 e. The first kappa shape index (κ1) is 20.7. The van der Waals surface area contributed by atoms with Crippen LogP contribution in [0.1, 0.15) is 30.1 Å². The zero-order valence-corrected chi connectivity index (χ0v) is 15.9. The number of hydrogen-bond acceptors (Lipinski definition) is 4. The molecule has 0 saturated carbocycles. The summed E-state index contributed by atoms with van der Waals surface area (Å²) in [6, 6.07) is 1.78. The van der Waals surface area contributed by atoms with Crippen LogP contribution >= 0.6 is 0 Å². The van der Waals surface area contributed by atoms with Crippen LogP contribution in [-0.2, 0) is 9.59 Å². The van der Waals surface area contributed by atoms with Crippen LogP contribution in [-0.4, -0.2) is 65.8 Å². The topological polar surface area (TPSA) is 98.8 Å². The largest absolute Gasteiger partial charge is 0.349 e. The van der Waals surface area contributed by atoms with Gasteiger partial charge in [-0.25, -0.2) is 13.6 Å². The van der Waals surface area contributed by atoms with Crippen LogP contribution in [0.25, 0.3) is 0 Å². The third-order valence-corrected chi connectivity index (χ3v) is 5.28. The third-order valence-electron chi connectivity index (χ3n) is 5.28. The van der Waals surface area contributed by atoms with E-state index in [9.17, 15) is 28.0 Å². The minimum atomic E-state index is -0.830. The number of nitrogens with zero attached hydrogens (tertiary/aromatic N) is 2. The van der Waals surface area contributed by atoms with Gasteiger partial charge in [-0.15, -0.1) is 0 Å². The van der Waals surface area contributed by atoms with Crippen molar-refractivity contribution >= 4 is 23.8 Å². The number of likely N-dealkylation sites (tertiary alicyclic amines) is 1. The van der Waals surface area contributed by atoms with Crippen molar-refractivity contribution in [1.82, 2.24) is 20.4 Å². The van der Waals surface area contributed by atoms with E-state index in [0.717, 1.165) is 17.0 Å². The minimum Gasteiger partial charge on any atom is -0.349 e. The molecule has 0 radical (unpaired) electrons. The third kappa shape index (κ3) is 4.69. The Morgan fingerprint density at radius 3 is 2.48 bits per heavy atom. The van der Waals surface area contributed by atoms with Crippen molar-refractivity contribution in [3.8, 4) is 0 Å². The number of rotatable bonds is 5. The van der Waals surface area contributed by atoms with Gasteiger partial charge in [0.15, 0.2) is 0 Å². The van der Waals surface area contributed by atoms with Gasteiger partial charge in [-0.1, -0.05) is 6.92 Å². The molecule has 8 nitrogen and oxygen atoms in total. The Labute approximate surface area is 166 Å². The number of carbonyl (C=O) groups excluding carboxylic acids is 4. The molecule has 2 aliphatic heterocycles. The summed E-state index contributed by atoms with van der Waals surface area (Å²) in [5.41, 5.74) is -0.102. The van der Waals surface area contributed by atoms with Crippen molar-refractivity contribution in [3.63, 3.8) is 0 Å². The molecule has 1 aromatic carbocycles. The zero-order chi connectivity index (χ0) is 21.1. The fourth-order valence-corrected chi connectivity index (χ4v) is 3.65. The van der Waals surface area contributed by atoms with E-state index in [4.69, 9.17) is 0 Å². The molecular formula is C19H22F2N4O4. The number of urea groups is 1. The molecule has 2 saturated heterocycles. The average Bonchev–Trinajstić information content (AvgIpc) is 2.99. The number of imide groups is 1. The van der Waals surface area contributed by atoms with Gasteiger partial charge >= 0.3 is 6.03 Å². The molecule has 0 spiro atoms. The predicted molar refractivity (Wildman–Crippen MR) is 97.7 cm³/mol. The molecule has 5 amide bonds. The quantitative estimate of drug-likeness (QED) is 0.707. The van der Waals surface area contributed by atoms with Gasteiger partial charge in [-0.2, -0.15) is 0 Å². The van der Waals surface area contributed by atoms with E-state index in [0.29, 0.717) is 32.0 Å². The Morgan fingerprint density at radius 1 is 1.21 bits per heavy atom. The van der Waals surface area contributed by atoms with Gasteiger partial charge in [-0.3, -0.25) is 19.3 Å². The van der Waals surface area contributed by atoms with E-state index >= 15 is 0 Å². The van der Waals surface area contributed by atoms with Gasteiger partial charge < -0.3 is 15.5 Å². The second-order valence-electron chi connectivity index (χ2n) is 7.17. The van der Waals surface area contributed by atoms with Gasteiger partial charge in [-0.05, 0) is 30.9 Å². The lowest BCUT2D eigenvalue weighted by Gasteiger charge is -2.39. The normalized spacial score (nSPS) is 21.9. The van der Waals surface area contributed by atoms with E-state index in [1.165, 1.54) is 0 Å². The highest BCUT2D eigenvalue weighted by atomic mass is 19.1. The van der Waals surface area contributed by atoms with Gasteiger partial charge in [0.1, 0.15) is 18.2 Å². The average molecular weight is 408 g/mol. The molecule has 3 rings (SSSR count). The number of carbonyl (C=O) groups is 4. The molecule has 0 unspecified atom stereocenters. The van der Waals surface area contributed by atoms with Crippen LogP contribution in [0.2, 0.25) is 0 Å². The van der Waals surface area contributed by atoms with Crippen LogP contribution < -0.4 is 10.6 Å². The number of benzene rings is 1. The van der Waals surface area contributed by atoms with Crippen LogP contribution in [0.5, 0.6) is 0 Å². The van der Waals surface area contributed by atoms with Crippen molar-refractivity contribution in [2.45, 2.75) is 25.8 Å². The molecule has 2 fully saturated rings. The molecule has 0 aromatic heterocycles. The molecule has 2 atom stereocenters. The first-order valence-corrected chi connectivity index (χ1v) is 9.41. The number of piperidine rings is 1. The summed E-state index contributed by atoms with van der Waals surface area (Å²) in [6.07, 6.45) is 1.11. The molecule has 0 bridgehead atoms. The second-order valence-corrected chi connectivity index (χ2v) is 7.17. The molecule has 10 heteroatoms. The predicted octanol–water partition coefficient (Wildman–Crippen LogP) is 0.874. The molecule has 1 aromatic rings. The maximum absolute atomic E-state index is 13.4. The fraction of sp³-hybridized carbons (Fsp3) is 0.474. The summed E-state index contributed by atoms with van der Waals surface area (Å²) in [5.74, 6) is -3.10. The highest BCUT2D eigenvalue weighted by Crippen LogP contribution is 2.21. The van der Waals surface area contributed by atoms with E-state index < -0.39 is 29.5 Å². The lowest BCUT2D eigenvalue weighted by atomic mass is 9.89. The van der Waals surface area contributed by atoms with Crippen LogP contribution in [0.4, 0.5) is 13.6 Å². The van der Waals surface area contributed by atoms with Crippen molar-refractivity contribution < 1.29 is 28.0 Å². The SMILES string of the molecule is CC[C@@H]1CN(C(=O)CN2C(=O)CNC2=O)CC[C@@H]1NC(=O)c1cc(F)cc(F)c1. The summed E-state index contributed by atoms with van der Waals surface area (Å²) in [4.78, 5) is 50.6. The van der Waals surface area contributed by atoms with Crippen molar-refractivity contribution in [2.75, 3.05) is 26.2 Å². The molecule has 2 heterocycles.